The summed E-state index contributed by atoms with van der Waals surface area (Å²) in [6, 6.07) is 36.3. The van der Waals surface area contributed by atoms with Gasteiger partial charge in [-0.1, -0.05) is 91.0 Å². The maximum Gasteiger partial charge on any atom is 0.291 e. The summed E-state index contributed by atoms with van der Waals surface area (Å²) in [4.78, 5) is 13.0. The summed E-state index contributed by atoms with van der Waals surface area (Å²) >= 11 is 0. The van der Waals surface area contributed by atoms with E-state index in [1.54, 1.807) is 12.3 Å². The van der Waals surface area contributed by atoms with Crippen molar-refractivity contribution in [1.82, 2.24) is 15.2 Å². The maximum atomic E-state index is 13.0. The minimum Gasteiger partial charge on any atom is -0.265 e. The molecule has 0 aliphatic carbocycles. The third-order valence-corrected chi connectivity index (χ3v) is 6.03. The van der Waals surface area contributed by atoms with Crippen LogP contribution in [0.25, 0.3) is 28.1 Å². The molecule has 1 amide bonds. The van der Waals surface area contributed by atoms with Crippen molar-refractivity contribution in [2.45, 2.75) is 13.8 Å². The largest absolute Gasteiger partial charge is 0.291 e. The Hall–Kier alpha value is -4.77. The Morgan fingerprint density at radius 3 is 2.22 bits per heavy atom. The van der Waals surface area contributed by atoms with Crippen LogP contribution in [-0.2, 0) is 0 Å². The van der Waals surface area contributed by atoms with E-state index in [-0.39, 0.29) is 5.91 Å². The standard InChI is InChI=1S/C31H26N4O/c1-22-9-8-14-28(19-22)35-30(26-17-15-25(16-18-26)24-11-4-3-5-12-24)20-29(34-35)31(36)33-32-21-27-13-7-6-10-23(27)2/h3-21H,1-2H3,(H,33,36)/b32-21-. The Kier molecular flexibility index (Phi) is 6.54. The lowest BCUT2D eigenvalue weighted by Crippen LogP contribution is -2.18. The van der Waals surface area contributed by atoms with E-state index in [9.17, 15) is 4.79 Å². The number of carbonyl (C=O) groups is 1. The van der Waals surface area contributed by atoms with E-state index in [1.807, 2.05) is 85.3 Å². The topological polar surface area (TPSA) is 59.3 Å². The van der Waals surface area contributed by atoms with Crippen molar-refractivity contribution < 1.29 is 4.79 Å². The number of amides is 1. The molecule has 0 atom stereocenters. The highest BCUT2D eigenvalue weighted by molar-refractivity contribution is 5.94. The van der Waals surface area contributed by atoms with Gasteiger partial charge in [0, 0.05) is 5.56 Å². The summed E-state index contributed by atoms with van der Waals surface area (Å²) < 4.78 is 1.81. The predicted octanol–water partition coefficient (Wildman–Crippen LogP) is 6.59. The zero-order valence-corrected chi connectivity index (χ0v) is 20.2. The molecular weight excluding hydrogens is 444 g/mol. The van der Waals surface area contributed by atoms with Crippen molar-refractivity contribution in [3.8, 4) is 28.1 Å². The van der Waals surface area contributed by atoms with Gasteiger partial charge in [0.25, 0.3) is 5.91 Å². The van der Waals surface area contributed by atoms with E-state index in [2.05, 4.69) is 52.0 Å². The molecule has 5 heteroatoms. The zero-order chi connectivity index (χ0) is 24.9. The minimum atomic E-state index is -0.367. The Morgan fingerprint density at radius 2 is 1.47 bits per heavy atom. The number of aryl methyl sites for hydroxylation is 2. The number of nitrogens with one attached hydrogen (secondary N) is 1. The molecule has 1 heterocycles. The highest BCUT2D eigenvalue weighted by Gasteiger charge is 2.17. The van der Waals surface area contributed by atoms with Crippen molar-refractivity contribution in [2.75, 3.05) is 0 Å². The number of nitrogens with zero attached hydrogens (tertiary/aromatic N) is 3. The van der Waals surface area contributed by atoms with Crippen LogP contribution in [0.5, 0.6) is 0 Å². The fourth-order valence-corrected chi connectivity index (χ4v) is 4.07. The summed E-state index contributed by atoms with van der Waals surface area (Å²) in [7, 11) is 0. The van der Waals surface area contributed by atoms with Crippen molar-refractivity contribution in [1.29, 1.82) is 0 Å². The fourth-order valence-electron chi connectivity index (χ4n) is 4.07. The van der Waals surface area contributed by atoms with Crippen LogP contribution in [0.3, 0.4) is 0 Å². The number of carbonyl (C=O) groups excluding carboxylic acids is 1. The van der Waals surface area contributed by atoms with Crippen molar-refractivity contribution in [3.63, 3.8) is 0 Å². The van der Waals surface area contributed by atoms with Crippen LogP contribution in [0.15, 0.2) is 114 Å². The molecule has 36 heavy (non-hydrogen) atoms. The average molecular weight is 471 g/mol. The summed E-state index contributed by atoms with van der Waals surface area (Å²) in [5.74, 6) is -0.367. The molecule has 5 rings (SSSR count). The maximum absolute atomic E-state index is 13.0. The van der Waals surface area contributed by atoms with Gasteiger partial charge in [-0.25, -0.2) is 10.1 Å². The lowest BCUT2D eigenvalue weighted by molar-refractivity contribution is 0.0949. The van der Waals surface area contributed by atoms with E-state index in [0.29, 0.717) is 5.69 Å². The van der Waals surface area contributed by atoms with Crippen LogP contribution in [0.4, 0.5) is 0 Å². The number of benzene rings is 4. The summed E-state index contributed by atoms with van der Waals surface area (Å²) in [5.41, 5.74) is 11.0. The molecule has 5 nitrogen and oxygen atoms in total. The highest BCUT2D eigenvalue weighted by atomic mass is 16.2. The van der Waals surface area contributed by atoms with Gasteiger partial charge < -0.3 is 0 Å². The summed E-state index contributed by atoms with van der Waals surface area (Å²) in [6.45, 7) is 4.04. The SMILES string of the molecule is Cc1cccc(-n2nc(C(=O)N/N=C\c3ccccc3C)cc2-c2ccc(-c3ccccc3)cc2)c1. The van der Waals surface area contributed by atoms with E-state index in [1.165, 1.54) is 0 Å². The van der Waals surface area contributed by atoms with Gasteiger partial charge in [-0.2, -0.15) is 10.2 Å². The van der Waals surface area contributed by atoms with Gasteiger partial charge in [0.15, 0.2) is 5.69 Å². The summed E-state index contributed by atoms with van der Waals surface area (Å²) in [5, 5.41) is 8.80. The van der Waals surface area contributed by atoms with Crippen LogP contribution in [0, 0.1) is 13.8 Å². The monoisotopic (exact) mass is 470 g/mol. The third kappa shape index (κ3) is 5.00. The smallest absolute Gasteiger partial charge is 0.265 e. The van der Waals surface area contributed by atoms with Crippen LogP contribution < -0.4 is 5.43 Å². The van der Waals surface area contributed by atoms with Gasteiger partial charge in [0.1, 0.15) is 0 Å². The Balaban J connectivity index is 1.47. The van der Waals surface area contributed by atoms with E-state index in [4.69, 9.17) is 0 Å². The predicted molar refractivity (Wildman–Crippen MR) is 145 cm³/mol. The molecule has 0 saturated carbocycles. The first-order valence-electron chi connectivity index (χ1n) is 11.8. The summed E-state index contributed by atoms with van der Waals surface area (Å²) in [6.07, 6.45) is 1.65. The molecule has 0 aliphatic heterocycles. The van der Waals surface area contributed by atoms with Crippen molar-refractivity contribution in [2.24, 2.45) is 5.10 Å². The lowest BCUT2D eigenvalue weighted by Gasteiger charge is -2.09. The van der Waals surface area contributed by atoms with E-state index >= 15 is 0 Å². The average Bonchev–Trinajstić information content (AvgIpc) is 3.36. The zero-order valence-electron chi connectivity index (χ0n) is 20.2. The normalized spacial score (nSPS) is 11.1. The Morgan fingerprint density at radius 1 is 0.778 bits per heavy atom. The lowest BCUT2D eigenvalue weighted by atomic mass is 10.0. The third-order valence-electron chi connectivity index (χ3n) is 6.03. The first-order valence-corrected chi connectivity index (χ1v) is 11.8. The molecule has 0 saturated heterocycles. The van der Waals surface area contributed by atoms with E-state index < -0.39 is 0 Å². The van der Waals surface area contributed by atoms with Crippen molar-refractivity contribution >= 4 is 12.1 Å². The van der Waals surface area contributed by atoms with Gasteiger partial charge in [0.2, 0.25) is 0 Å². The molecule has 0 bridgehead atoms. The highest BCUT2D eigenvalue weighted by Crippen LogP contribution is 2.28. The van der Waals surface area contributed by atoms with Crippen LogP contribution in [-0.4, -0.2) is 21.9 Å². The molecule has 1 aromatic heterocycles. The van der Waals surface area contributed by atoms with Gasteiger partial charge >= 0.3 is 0 Å². The Bertz CT molecular complexity index is 1530. The van der Waals surface area contributed by atoms with Gasteiger partial charge in [-0.05, 0) is 59.9 Å². The minimum absolute atomic E-state index is 0.292. The number of rotatable bonds is 6. The second kappa shape index (κ2) is 10.2. The fraction of sp³-hybridized carbons (Fsp3) is 0.0645. The Labute approximate surface area is 210 Å². The molecule has 0 radical (unpaired) electrons. The van der Waals surface area contributed by atoms with E-state index in [0.717, 1.165) is 44.8 Å². The number of aromatic nitrogens is 2. The second-order valence-electron chi connectivity index (χ2n) is 8.66. The van der Waals surface area contributed by atoms with Gasteiger partial charge in [-0.3, -0.25) is 4.79 Å². The number of hydrogen-bond acceptors (Lipinski definition) is 3. The van der Waals surface area contributed by atoms with Crippen molar-refractivity contribution in [3.05, 3.63) is 132 Å². The number of hydrogen-bond donors (Lipinski definition) is 1. The molecule has 0 fully saturated rings. The molecule has 5 aromatic rings. The second-order valence-corrected chi connectivity index (χ2v) is 8.66. The van der Waals surface area contributed by atoms with Crippen LogP contribution in [0.1, 0.15) is 27.2 Å². The molecular formula is C31H26N4O. The molecule has 0 spiro atoms. The van der Waals surface area contributed by atoms with Crippen LogP contribution >= 0.6 is 0 Å². The molecule has 176 valence electrons. The molecule has 0 unspecified atom stereocenters. The van der Waals surface area contributed by atoms with Gasteiger partial charge in [-0.15, -0.1) is 0 Å². The first-order chi connectivity index (χ1) is 17.6. The van der Waals surface area contributed by atoms with Crippen LogP contribution in [0.2, 0.25) is 0 Å². The van der Waals surface area contributed by atoms with Gasteiger partial charge in [0.05, 0.1) is 17.6 Å². The molecule has 4 aromatic carbocycles. The first kappa shape index (κ1) is 23.0. The quantitative estimate of drug-likeness (QED) is 0.225. The molecule has 1 N–H and O–H groups in total. The number of hydrazone groups is 1. The molecule has 0 aliphatic rings.